The molecular weight excluding hydrogens is 348 g/mol. The van der Waals surface area contributed by atoms with E-state index in [1.807, 2.05) is 6.07 Å². The monoisotopic (exact) mass is 372 g/mol. The van der Waals surface area contributed by atoms with Gasteiger partial charge in [-0.2, -0.15) is 0 Å². The van der Waals surface area contributed by atoms with E-state index >= 15 is 0 Å². The Morgan fingerprint density at radius 2 is 2.23 bits per heavy atom. The number of fused-ring (bicyclic) bond motifs is 1. The third kappa shape index (κ3) is 4.59. The summed E-state index contributed by atoms with van der Waals surface area (Å²) >= 11 is 1.78. The van der Waals surface area contributed by atoms with E-state index in [1.54, 1.807) is 22.9 Å². The van der Waals surface area contributed by atoms with Crippen molar-refractivity contribution in [2.75, 3.05) is 19.7 Å². The molecule has 1 atom stereocenters. The molecule has 6 heteroatoms. The van der Waals surface area contributed by atoms with Gasteiger partial charge in [0, 0.05) is 30.1 Å². The quantitative estimate of drug-likeness (QED) is 0.378. The van der Waals surface area contributed by atoms with E-state index in [-0.39, 0.29) is 6.61 Å². The second kappa shape index (κ2) is 9.09. The van der Waals surface area contributed by atoms with Crippen LogP contribution in [0.5, 0.6) is 0 Å². The van der Waals surface area contributed by atoms with Crippen molar-refractivity contribution in [3.63, 3.8) is 0 Å². The molecule has 2 aromatic rings. The summed E-state index contributed by atoms with van der Waals surface area (Å²) in [5.74, 6) is -0.536. The van der Waals surface area contributed by atoms with Crippen LogP contribution in [0.1, 0.15) is 34.0 Å². The average molecular weight is 372 g/mol. The number of hydrogen-bond donors (Lipinski definition) is 3. The number of aliphatic hydroxyl groups excluding tert-OH is 1. The van der Waals surface area contributed by atoms with Crippen LogP contribution >= 0.6 is 11.3 Å². The smallest absolute Gasteiger partial charge is 0.267 e. The van der Waals surface area contributed by atoms with Gasteiger partial charge in [-0.25, -0.2) is 5.48 Å². The summed E-state index contributed by atoms with van der Waals surface area (Å²) in [6.07, 6.45) is 6.05. The van der Waals surface area contributed by atoms with Crippen LogP contribution in [0.2, 0.25) is 0 Å². The zero-order valence-electron chi connectivity index (χ0n) is 14.6. The summed E-state index contributed by atoms with van der Waals surface area (Å²) in [5.41, 5.74) is 5.14. The maximum Gasteiger partial charge on any atom is 0.267 e. The molecule has 26 heavy (non-hydrogen) atoms. The highest BCUT2D eigenvalue weighted by molar-refractivity contribution is 7.09. The predicted octanol–water partition coefficient (Wildman–Crippen LogP) is 2.79. The standard InChI is InChI=1S/C20H24N2O3S/c23-12-11-22(10-9-17-2-1-13-26-17)19-7-5-16-14-15(3-6-18(16)19)4-8-20(24)21-25/h1-4,6,8,13-14,19,23,25H,5,7,9-12H2,(H,21,24)/b8-4+. The topological polar surface area (TPSA) is 72.8 Å². The molecule has 5 nitrogen and oxygen atoms in total. The van der Waals surface area contributed by atoms with E-state index < -0.39 is 5.91 Å². The summed E-state index contributed by atoms with van der Waals surface area (Å²) in [4.78, 5) is 14.9. The molecule has 138 valence electrons. The number of nitrogens with one attached hydrogen (secondary N) is 1. The van der Waals surface area contributed by atoms with Crippen LogP contribution in [0.3, 0.4) is 0 Å². The fourth-order valence-corrected chi connectivity index (χ4v) is 4.27. The lowest BCUT2D eigenvalue weighted by molar-refractivity contribution is -0.124. The molecule has 1 heterocycles. The molecule has 0 spiro atoms. The van der Waals surface area contributed by atoms with E-state index in [2.05, 4.69) is 34.5 Å². The normalized spacial score (nSPS) is 16.3. The minimum Gasteiger partial charge on any atom is -0.395 e. The SMILES string of the molecule is O=C(/C=C/c1ccc2c(c1)CCC2N(CCO)CCc1cccs1)NO. The summed E-state index contributed by atoms with van der Waals surface area (Å²) in [5, 5.41) is 20.1. The Bertz CT molecular complexity index is 758. The lowest BCUT2D eigenvalue weighted by Crippen LogP contribution is -2.32. The Kier molecular flexibility index (Phi) is 6.57. The van der Waals surface area contributed by atoms with Crippen molar-refractivity contribution in [2.24, 2.45) is 0 Å². The third-order valence-electron chi connectivity index (χ3n) is 4.80. The molecule has 1 amide bonds. The van der Waals surface area contributed by atoms with Gasteiger partial charge < -0.3 is 5.11 Å². The van der Waals surface area contributed by atoms with Gasteiger partial charge in [0.2, 0.25) is 0 Å². The highest BCUT2D eigenvalue weighted by Gasteiger charge is 2.27. The molecule has 1 aromatic heterocycles. The molecule has 1 aliphatic carbocycles. The van der Waals surface area contributed by atoms with Crippen LogP contribution in [-0.4, -0.2) is 40.8 Å². The second-order valence-electron chi connectivity index (χ2n) is 6.41. The lowest BCUT2D eigenvalue weighted by atomic mass is 10.0. The van der Waals surface area contributed by atoms with Crippen molar-refractivity contribution in [3.05, 3.63) is 63.4 Å². The molecule has 3 N–H and O–H groups in total. The summed E-state index contributed by atoms with van der Waals surface area (Å²) in [7, 11) is 0. The van der Waals surface area contributed by atoms with Gasteiger partial charge in [0.15, 0.2) is 0 Å². The number of hydroxylamine groups is 1. The van der Waals surface area contributed by atoms with E-state index in [1.165, 1.54) is 22.1 Å². The van der Waals surface area contributed by atoms with Crippen molar-refractivity contribution in [1.82, 2.24) is 10.4 Å². The second-order valence-corrected chi connectivity index (χ2v) is 7.44. The Hall–Kier alpha value is -1.99. The number of amides is 1. The predicted molar refractivity (Wildman–Crippen MR) is 103 cm³/mol. The van der Waals surface area contributed by atoms with E-state index in [4.69, 9.17) is 5.21 Å². The van der Waals surface area contributed by atoms with Gasteiger partial charge in [-0.3, -0.25) is 14.9 Å². The van der Waals surface area contributed by atoms with Crippen LogP contribution in [-0.2, 0) is 17.6 Å². The van der Waals surface area contributed by atoms with E-state index in [0.717, 1.165) is 31.4 Å². The number of nitrogens with zero attached hydrogens (tertiary/aromatic N) is 1. The van der Waals surface area contributed by atoms with Crippen molar-refractivity contribution in [2.45, 2.75) is 25.3 Å². The number of carbonyl (C=O) groups excluding carboxylic acids is 1. The van der Waals surface area contributed by atoms with Gasteiger partial charge in [0.25, 0.3) is 5.91 Å². The molecule has 3 rings (SSSR count). The van der Waals surface area contributed by atoms with Crippen LogP contribution < -0.4 is 5.48 Å². The number of aryl methyl sites for hydroxylation is 1. The molecule has 0 saturated heterocycles. The van der Waals surface area contributed by atoms with Gasteiger partial charge in [-0.15, -0.1) is 11.3 Å². The van der Waals surface area contributed by atoms with E-state index in [0.29, 0.717) is 12.6 Å². The lowest BCUT2D eigenvalue weighted by Gasteiger charge is -2.29. The Morgan fingerprint density at radius 3 is 2.96 bits per heavy atom. The molecule has 0 bridgehead atoms. The average Bonchev–Trinajstić information content (AvgIpc) is 3.32. The van der Waals surface area contributed by atoms with Crippen molar-refractivity contribution in [3.8, 4) is 0 Å². The molecule has 0 radical (unpaired) electrons. The van der Waals surface area contributed by atoms with E-state index in [9.17, 15) is 9.90 Å². The van der Waals surface area contributed by atoms with Gasteiger partial charge in [0.1, 0.15) is 0 Å². The number of thiophene rings is 1. The number of rotatable bonds is 8. The first-order valence-electron chi connectivity index (χ1n) is 8.83. The molecule has 1 aromatic carbocycles. The highest BCUT2D eigenvalue weighted by Crippen LogP contribution is 2.36. The number of aliphatic hydroxyl groups is 1. The minimum atomic E-state index is -0.536. The fraction of sp³-hybridized carbons (Fsp3) is 0.350. The first-order valence-corrected chi connectivity index (χ1v) is 9.71. The first-order chi connectivity index (χ1) is 12.7. The minimum absolute atomic E-state index is 0.160. The Balaban J connectivity index is 1.71. The van der Waals surface area contributed by atoms with Crippen molar-refractivity contribution in [1.29, 1.82) is 0 Å². The van der Waals surface area contributed by atoms with Gasteiger partial charge in [-0.05, 0) is 53.5 Å². The first kappa shape index (κ1) is 18.8. The maximum absolute atomic E-state index is 11.1. The van der Waals surface area contributed by atoms with Gasteiger partial charge in [-0.1, -0.05) is 24.3 Å². The molecular formula is C20H24N2O3S. The zero-order chi connectivity index (χ0) is 18.4. The van der Waals surface area contributed by atoms with Crippen LogP contribution in [0, 0.1) is 0 Å². The van der Waals surface area contributed by atoms with Crippen molar-refractivity contribution >= 4 is 23.3 Å². The van der Waals surface area contributed by atoms with Gasteiger partial charge in [0.05, 0.1) is 6.61 Å². The Labute approximate surface area is 157 Å². The molecule has 0 saturated carbocycles. The molecule has 0 fully saturated rings. The molecule has 1 unspecified atom stereocenters. The summed E-state index contributed by atoms with van der Waals surface area (Å²) in [6, 6.07) is 10.8. The number of hydrogen-bond acceptors (Lipinski definition) is 5. The van der Waals surface area contributed by atoms with Gasteiger partial charge >= 0.3 is 0 Å². The molecule has 1 aliphatic rings. The largest absolute Gasteiger partial charge is 0.395 e. The summed E-state index contributed by atoms with van der Waals surface area (Å²) < 4.78 is 0. The van der Waals surface area contributed by atoms with Crippen molar-refractivity contribution < 1.29 is 15.1 Å². The van der Waals surface area contributed by atoms with Crippen LogP contribution in [0.25, 0.3) is 6.08 Å². The number of carbonyl (C=O) groups is 1. The highest BCUT2D eigenvalue weighted by atomic mass is 32.1. The number of benzene rings is 1. The maximum atomic E-state index is 11.1. The third-order valence-corrected chi connectivity index (χ3v) is 5.74. The molecule has 0 aliphatic heterocycles. The summed E-state index contributed by atoms with van der Waals surface area (Å²) in [6.45, 7) is 1.77. The van der Waals surface area contributed by atoms with Crippen LogP contribution in [0.15, 0.2) is 41.8 Å². The zero-order valence-corrected chi connectivity index (χ0v) is 15.4. The Morgan fingerprint density at radius 1 is 1.35 bits per heavy atom. The van der Waals surface area contributed by atoms with Crippen LogP contribution in [0.4, 0.5) is 0 Å². The fourth-order valence-electron chi connectivity index (χ4n) is 3.57.